The van der Waals surface area contributed by atoms with E-state index in [9.17, 15) is 9.59 Å². The largest absolute Gasteiger partial charge is 0.491 e. The van der Waals surface area contributed by atoms with Gasteiger partial charge in [-0.1, -0.05) is 11.6 Å². The molecule has 5 nitrogen and oxygen atoms in total. The molecule has 7 heteroatoms. The lowest BCUT2D eigenvalue weighted by Crippen LogP contribution is -2.31. The number of aromatic amines is 2. The molecule has 2 heterocycles. The van der Waals surface area contributed by atoms with Crippen LogP contribution in [0, 0.1) is 0 Å². The van der Waals surface area contributed by atoms with Gasteiger partial charge in [0.15, 0.2) is 0 Å². The van der Waals surface area contributed by atoms with E-state index in [-0.39, 0.29) is 5.25 Å². The summed E-state index contributed by atoms with van der Waals surface area (Å²) in [4.78, 5) is 28.2. The highest BCUT2D eigenvalue weighted by Gasteiger charge is 2.23. The molecular weight excluding hydrogens is 288 g/mol. The molecule has 2 N–H and O–H groups in total. The second-order valence-corrected chi connectivity index (χ2v) is 5.72. The molecule has 3 rings (SSSR count). The maximum absolute atomic E-state index is 11.3. The van der Waals surface area contributed by atoms with Gasteiger partial charge in [0, 0.05) is 11.2 Å². The zero-order chi connectivity index (χ0) is 13.4. The maximum atomic E-state index is 11.3. The summed E-state index contributed by atoms with van der Waals surface area (Å²) in [6, 6.07) is 5.40. The van der Waals surface area contributed by atoms with Crippen molar-refractivity contribution in [3.05, 3.63) is 55.8 Å². The summed E-state index contributed by atoms with van der Waals surface area (Å²) < 4.78 is 5.62. The van der Waals surface area contributed by atoms with E-state index in [2.05, 4.69) is 9.97 Å². The third kappa shape index (κ3) is 2.41. The van der Waals surface area contributed by atoms with Crippen molar-refractivity contribution in [1.29, 1.82) is 0 Å². The molecule has 2 aromatic rings. The number of rotatable bonds is 1. The van der Waals surface area contributed by atoms with Gasteiger partial charge >= 0.3 is 11.1 Å². The van der Waals surface area contributed by atoms with Crippen molar-refractivity contribution in [1.82, 2.24) is 9.97 Å². The van der Waals surface area contributed by atoms with Gasteiger partial charge < -0.3 is 14.7 Å². The standard InChI is InChI=1S/C12H9ClN2O3S/c13-6-1-2-8-9(3-6)19-10(5-18-8)7-4-14-11(16)12(17)15-7/h1-4,10H,5H2,(H,14,16)(H,15,17)/t10-/m0/s1. The smallest absolute Gasteiger partial charge is 0.313 e. The lowest BCUT2D eigenvalue weighted by atomic mass is 10.3. The minimum absolute atomic E-state index is 0.0875. The fourth-order valence-corrected chi connectivity index (χ4v) is 3.18. The molecule has 0 amide bonds. The van der Waals surface area contributed by atoms with Crippen molar-refractivity contribution in [2.24, 2.45) is 0 Å². The van der Waals surface area contributed by atoms with Crippen LogP contribution in [0.15, 0.2) is 38.9 Å². The van der Waals surface area contributed by atoms with Crippen molar-refractivity contribution >= 4 is 23.4 Å². The molecule has 1 atom stereocenters. The van der Waals surface area contributed by atoms with E-state index in [1.165, 1.54) is 18.0 Å². The molecule has 1 aromatic carbocycles. The van der Waals surface area contributed by atoms with E-state index < -0.39 is 11.1 Å². The number of nitrogens with one attached hydrogen (secondary N) is 2. The van der Waals surface area contributed by atoms with Crippen molar-refractivity contribution in [2.75, 3.05) is 6.61 Å². The van der Waals surface area contributed by atoms with Crippen LogP contribution in [0.2, 0.25) is 5.02 Å². The predicted octanol–water partition coefficient (Wildman–Crippen LogP) is 1.94. The van der Waals surface area contributed by atoms with Gasteiger partial charge in [-0.3, -0.25) is 9.59 Å². The van der Waals surface area contributed by atoms with E-state index in [0.717, 1.165) is 10.6 Å². The quantitative estimate of drug-likeness (QED) is 0.789. The molecule has 19 heavy (non-hydrogen) atoms. The van der Waals surface area contributed by atoms with Crippen molar-refractivity contribution in [2.45, 2.75) is 10.1 Å². The Labute approximate surface area is 117 Å². The third-order valence-electron chi connectivity index (χ3n) is 2.73. The molecule has 0 spiro atoms. The van der Waals surface area contributed by atoms with Crippen LogP contribution < -0.4 is 15.9 Å². The van der Waals surface area contributed by atoms with E-state index in [4.69, 9.17) is 16.3 Å². The van der Waals surface area contributed by atoms with Crippen LogP contribution in [-0.4, -0.2) is 16.6 Å². The Morgan fingerprint density at radius 1 is 1.32 bits per heavy atom. The number of benzene rings is 1. The number of ether oxygens (including phenoxy) is 1. The van der Waals surface area contributed by atoms with Crippen LogP contribution in [0.5, 0.6) is 5.75 Å². The first-order valence-corrected chi connectivity index (χ1v) is 6.80. The number of halogens is 1. The Morgan fingerprint density at radius 3 is 2.95 bits per heavy atom. The molecule has 1 aliphatic heterocycles. The first-order valence-electron chi connectivity index (χ1n) is 5.54. The maximum Gasteiger partial charge on any atom is 0.313 e. The fraction of sp³-hybridized carbons (Fsp3) is 0.167. The Bertz CT molecular complexity index is 740. The first-order chi connectivity index (χ1) is 9.13. The van der Waals surface area contributed by atoms with Crippen LogP contribution in [-0.2, 0) is 0 Å². The van der Waals surface area contributed by atoms with Gasteiger partial charge in [-0.2, -0.15) is 0 Å². The summed E-state index contributed by atoms with van der Waals surface area (Å²) in [6.07, 6.45) is 1.50. The van der Waals surface area contributed by atoms with Crippen LogP contribution in [0.4, 0.5) is 0 Å². The summed E-state index contributed by atoms with van der Waals surface area (Å²) in [5.41, 5.74) is -0.691. The Hall–Kier alpha value is -1.66. The zero-order valence-electron chi connectivity index (χ0n) is 9.60. The average Bonchev–Trinajstić information content (AvgIpc) is 2.41. The lowest BCUT2D eigenvalue weighted by molar-refractivity contribution is 0.302. The summed E-state index contributed by atoms with van der Waals surface area (Å²) in [5, 5.41) is 0.543. The van der Waals surface area contributed by atoms with Crippen molar-refractivity contribution < 1.29 is 4.74 Å². The average molecular weight is 297 g/mol. The molecule has 0 fully saturated rings. The monoisotopic (exact) mass is 296 g/mol. The summed E-state index contributed by atoms with van der Waals surface area (Å²) in [7, 11) is 0. The summed E-state index contributed by atoms with van der Waals surface area (Å²) >= 11 is 7.48. The second kappa shape index (κ2) is 4.79. The van der Waals surface area contributed by atoms with Crippen LogP contribution in [0.3, 0.4) is 0 Å². The van der Waals surface area contributed by atoms with Gasteiger partial charge in [-0.25, -0.2) is 0 Å². The van der Waals surface area contributed by atoms with Crippen LogP contribution >= 0.6 is 23.4 Å². The van der Waals surface area contributed by atoms with Crippen molar-refractivity contribution in [3.8, 4) is 5.75 Å². The minimum Gasteiger partial charge on any atom is -0.491 e. The highest BCUT2D eigenvalue weighted by atomic mass is 35.5. The third-order valence-corrected chi connectivity index (χ3v) is 4.22. The molecule has 0 bridgehead atoms. The highest BCUT2D eigenvalue weighted by Crippen LogP contribution is 2.44. The molecule has 0 unspecified atom stereocenters. The lowest BCUT2D eigenvalue weighted by Gasteiger charge is -2.24. The topological polar surface area (TPSA) is 75.0 Å². The second-order valence-electron chi connectivity index (χ2n) is 4.04. The number of fused-ring (bicyclic) bond motifs is 1. The molecule has 1 aromatic heterocycles. The number of thioether (sulfide) groups is 1. The minimum atomic E-state index is -0.658. The highest BCUT2D eigenvalue weighted by molar-refractivity contribution is 7.99. The van der Waals surface area contributed by atoms with Crippen molar-refractivity contribution in [3.63, 3.8) is 0 Å². The van der Waals surface area contributed by atoms with E-state index >= 15 is 0 Å². The Kier molecular flexibility index (Phi) is 3.12. The van der Waals surface area contributed by atoms with Crippen LogP contribution in [0.1, 0.15) is 10.9 Å². The first kappa shape index (κ1) is 12.4. The Morgan fingerprint density at radius 2 is 2.16 bits per heavy atom. The number of hydrogen-bond acceptors (Lipinski definition) is 4. The Balaban J connectivity index is 1.94. The normalized spacial score (nSPS) is 17.6. The fourth-order valence-electron chi connectivity index (χ4n) is 1.81. The number of aromatic nitrogens is 2. The molecule has 0 radical (unpaired) electrons. The van der Waals surface area contributed by atoms with Gasteiger partial charge in [-0.15, -0.1) is 11.8 Å². The molecule has 1 aliphatic rings. The zero-order valence-corrected chi connectivity index (χ0v) is 11.2. The van der Waals surface area contributed by atoms with Gasteiger partial charge in [0.1, 0.15) is 12.4 Å². The molecule has 0 aliphatic carbocycles. The van der Waals surface area contributed by atoms with E-state index in [1.807, 2.05) is 12.1 Å². The van der Waals surface area contributed by atoms with Gasteiger partial charge in [-0.05, 0) is 18.2 Å². The van der Waals surface area contributed by atoms with Gasteiger partial charge in [0.05, 0.1) is 15.8 Å². The molecule has 98 valence electrons. The van der Waals surface area contributed by atoms with Gasteiger partial charge in [0.25, 0.3) is 0 Å². The SMILES string of the molecule is O=c1[nH]cc([C@@H]2COc3ccc(Cl)cc3S2)[nH]c1=O. The molecule has 0 saturated carbocycles. The van der Waals surface area contributed by atoms with Crippen LogP contribution in [0.25, 0.3) is 0 Å². The number of H-pyrrole nitrogens is 2. The molecule has 0 saturated heterocycles. The van der Waals surface area contributed by atoms with Gasteiger partial charge in [0.2, 0.25) is 0 Å². The van der Waals surface area contributed by atoms with E-state index in [0.29, 0.717) is 17.3 Å². The van der Waals surface area contributed by atoms with E-state index in [1.54, 1.807) is 6.07 Å². The molecular formula is C12H9ClN2O3S. The number of hydrogen-bond donors (Lipinski definition) is 2. The summed E-state index contributed by atoms with van der Waals surface area (Å²) in [6.45, 7) is 0.418. The predicted molar refractivity (Wildman–Crippen MR) is 73.2 cm³/mol. The summed E-state index contributed by atoms with van der Waals surface area (Å²) in [5.74, 6) is 0.775.